The molecule has 0 saturated carbocycles. The number of aromatic hydroxyl groups is 1. The van der Waals surface area contributed by atoms with Gasteiger partial charge < -0.3 is 10.0 Å². The van der Waals surface area contributed by atoms with Crippen LogP contribution < -0.4 is 11.2 Å². The Bertz CT molecular complexity index is 891. The number of likely N-dealkylation sites (N-methyl/N-ethyl adjacent to an activating group) is 1. The Kier molecular flexibility index (Phi) is 7.12. The smallest absolute Gasteiger partial charge is 0.335 e. The molecule has 1 aromatic heterocycles. The van der Waals surface area contributed by atoms with Crippen LogP contribution in [0.3, 0.4) is 0 Å². The third-order valence-electron chi connectivity index (χ3n) is 4.60. The highest BCUT2D eigenvalue weighted by Gasteiger charge is 2.14. The number of nitrogens with zero attached hydrogens (tertiary/aromatic N) is 3. The van der Waals surface area contributed by atoms with Gasteiger partial charge in [-0.2, -0.15) is 0 Å². The lowest BCUT2D eigenvalue weighted by molar-refractivity contribution is 0.313. The Labute approximate surface area is 159 Å². The molecule has 0 aliphatic rings. The first-order valence-corrected chi connectivity index (χ1v) is 9.29. The molecule has 0 aliphatic carbocycles. The number of hydrogen-bond donors (Lipinski definition) is 2. The largest absolute Gasteiger partial charge is 0.493 e. The second kappa shape index (κ2) is 9.32. The topological polar surface area (TPSA) is 90.7 Å². The maximum Gasteiger partial charge on any atom is 0.335 e. The summed E-state index contributed by atoms with van der Waals surface area (Å²) in [5, 5.41) is 10.5. The molecule has 0 saturated heterocycles. The molecule has 2 N–H and O–H groups in total. The molecule has 1 heterocycles. The van der Waals surface area contributed by atoms with Gasteiger partial charge in [0, 0.05) is 12.8 Å². The fourth-order valence-corrected chi connectivity index (χ4v) is 2.80. The first-order valence-electron chi connectivity index (χ1n) is 9.29. The van der Waals surface area contributed by atoms with Gasteiger partial charge in [0.25, 0.3) is 5.56 Å². The van der Waals surface area contributed by atoms with Gasteiger partial charge in [-0.1, -0.05) is 39.8 Å². The van der Waals surface area contributed by atoms with E-state index in [-0.39, 0.29) is 5.56 Å². The van der Waals surface area contributed by atoms with E-state index in [2.05, 4.69) is 42.6 Å². The summed E-state index contributed by atoms with van der Waals surface area (Å²) in [4.78, 5) is 33.0. The molecule has 27 heavy (non-hydrogen) atoms. The van der Waals surface area contributed by atoms with Gasteiger partial charge >= 0.3 is 5.69 Å². The summed E-state index contributed by atoms with van der Waals surface area (Å²) in [5.41, 5.74) is 0.237. The quantitative estimate of drug-likeness (QED) is 0.695. The molecule has 0 fully saturated rings. The summed E-state index contributed by atoms with van der Waals surface area (Å²) in [6.45, 7) is 11.4. The SMILES string of the molecule is CCN(CC)CCN=Cc1c(O)n(-c2ccc(C(C)C)cc2)c(=O)[nH]c1=O. The van der Waals surface area contributed by atoms with Crippen LogP contribution in [0, 0.1) is 0 Å². The third kappa shape index (κ3) is 4.95. The van der Waals surface area contributed by atoms with E-state index in [9.17, 15) is 14.7 Å². The molecule has 0 aliphatic heterocycles. The van der Waals surface area contributed by atoms with Crippen LogP contribution in [0.5, 0.6) is 5.88 Å². The highest BCUT2D eigenvalue weighted by molar-refractivity contribution is 5.82. The molecule has 0 radical (unpaired) electrons. The third-order valence-corrected chi connectivity index (χ3v) is 4.60. The van der Waals surface area contributed by atoms with E-state index in [1.54, 1.807) is 12.1 Å². The van der Waals surface area contributed by atoms with E-state index in [1.165, 1.54) is 6.21 Å². The minimum atomic E-state index is -0.685. The van der Waals surface area contributed by atoms with Crippen molar-refractivity contribution in [2.24, 2.45) is 4.99 Å². The number of H-pyrrole nitrogens is 1. The first kappa shape index (κ1) is 20.6. The van der Waals surface area contributed by atoms with Crippen molar-refractivity contribution >= 4 is 6.21 Å². The first-order chi connectivity index (χ1) is 12.9. The minimum absolute atomic E-state index is 0.0258. The number of nitrogens with one attached hydrogen (secondary N) is 1. The fourth-order valence-electron chi connectivity index (χ4n) is 2.80. The predicted octanol–water partition coefficient (Wildman–Crippen LogP) is 2.12. The molecule has 0 bridgehead atoms. The number of aliphatic imine (C=N–C) groups is 1. The van der Waals surface area contributed by atoms with Crippen molar-refractivity contribution in [3.63, 3.8) is 0 Å². The maximum absolute atomic E-state index is 12.2. The van der Waals surface area contributed by atoms with E-state index >= 15 is 0 Å². The Balaban J connectivity index is 2.34. The van der Waals surface area contributed by atoms with Gasteiger partial charge in [0.2, 0.25) is 5.88 Å². The number of aromatic nitrogens is 2. The van der Waals surface area contributed by atoms with Gasteiger partial charge in [-0.15, -0.1) is 0 Å². The average Bonchev–Trinajstić information content (AvgIpc) is 2.64. The van der Waals surface area contributed by atoms with E-state index in [0.717, 1.165) is 29.8 Å². The van der Waals surface area contributed by atoms with Gasteiger partial charge in [0.15, 0.2) is 0 Å². The molecular weight excluding hydrogens is 344 g/mol. The summed E-state index contributed by atoms with van der Waals surface area (Å²) in [6.07, 6.45) is 1.33. The lowest BCUT2D eigenvalue weighted by Gasteiger charge is -2.15. The number of benzene rings is 1. The predicted molar refractivity (Wildman–Crippen MR) is 109 cm³/mol. The zero-order valence-electron chi connectivity index (χ0n) is 16.4. The normalized spacial score (nSPS) is 11.8. The lowest BCUT2D eigenvalue weighted by atomic mass is 10.0. The zero-order chi connectivity index (χ0) is 20.0. The molecule has 0 unspecified atom stereocenters. The Morgan fingerprint density at radius 1 is 1.19 bits per heavy atom. The molecule has 146 valence electrons. The van der Waals surface area contributed by atoms with Crippen LogP contribution in [0.15, 0.2) is 38.8 Å². The molecule has 2 rings (SSSR count). The van der Waals surface area contributed by atoms with Crippen LogP contribution in [-0.2, 0) is 0 Å². The molecule has 7 heteroatoms. The summed E-state index contributed by atoms with van der Waals surface area (Å²) in [6, 6.07) is 7.29. The summed E-state index contributed by atoms with van der Waals surface area (Å²) < 4.78 is 1.08. The Hall–Kier alpha value is -2.67. The van der Waals surface area contributed by atoms with Crippen molar-refractivity contribution in [1.82, 2.24) is 14.5 Å². The molecule has 1 aromatic carbocycles. The van der Waals surface area contributed by atoms with E-state index in [1.807, 2.05) is 12.1 Å². The molecule has 0 atom stereocenters. The van der Waals surface area contributed by atoms with Crippen LogP contribution in [0.1, 0.15) is 44.7 Å². The highest BCUT2D eigenvalue weighted by Crippen LogP contribution is 2.19. The fraction of sp³-hybridized carbons (Fsp3) is 0.450. The van der Waals surface area contributed by atoms with Crippen LogP contribution in [0.4, 0.5) is 0 Å². The summed E-state index contributed by atoms with van der Waals surface area (Å²) in [5.74, 6) is -0.0545. The standard InChI is InChI=1S/C20H28N4O3/c1-5-23(6-2)12-11-21-13-17-18(25)22-20(27)24(19(17)26)16-9-7-15(8-10-16)14(3)4/h7-10,13-14,26H,5-6,11-12H2,1-4H3,(H,22,25,27). The Morgan fingerprint density at radius 3 is 2.37 bits per heavy atom. The van der Waals surface area contributed by atoms with Gasteiger partial charge in [0.05, 0.1) is 12.2 Å². The minimum Gasteiger partial charge on any atom is -0.493 e. The molecule has 2 aromatic rings. The molecule has 0 amide bonds. The van der Waals surface area contributed by atoms with E-state index in [0.29, 0.717) is 18.2 Å². The van der Waals surface area contributed by atoms with Crippen LogP contribution in [-0.4, -0.2) is 52.0 Å². The second-order valence-electron chi connectivity index (χ2n) is 6.64. The van der Waals surface area contributed by atoms with Crippen LogP contribution in [0.25, 0.3) is 5.69 Å². The van der Waals surface area contributed by atoms with Gasteiger partial charge in [-0.05, 0) is 36.7 Å². The van der Waals surface area contributed by atoms with Gasteiger partial charge in [-0.25, -0.2) is 9.36 Å². The van der Waals surface area contributed by atoms with Gasteiger partial charge in [-0.3, -0.25) is 14.8 Å². The van der Waals surface area contributed by atoms with Crippen LogP contribution >= 0.6 is 0 Å². The van der Waals surface area contributed by atoms with Crippen molar-refractivity contribution in [3.05, 3.63) is 56.2 Å². The van der Waals surface area contributed by atoms with Crippen molar-refractivity contribution in [3.8, 4) is 11.6 Å². The van der Waals surface area contributed by atoms with E-state index in [4.69, 9.17) is 0 Å². The van der Waals surface area contributed by atoms with Crippen molar-refractivity contribution in [2.45, 2.75) is 33.6 Å². The Morgan fingerprint density at radius 2 is 1.81 bits per heavy atom. The van der Waals surface area contributed by atoms with Crippen molar-refractivity contribution < 1.29 is 5.11 Å². The highest BCUT2D eigenvalue weighted by atomic mass is 16.3. The van der Waals surface area contributed by atoms with Crippen molar-refractivity contribution in [1.29, 1.82) is 0 Å². The second-order valence-corrected chi connectivity index (χ2v) is 6.64. The van der Waals surface area contributed by atoms with E-state index < -0.39 is 17.1 Å². The summed E-state index contributed by atoms with van der Waals surface area (Å²) >= 11 is 0. The molecule has 0 spiro atoms. The average molecular weight is 372 g/mol. The summed E-state index contributed by atoms with van der Waals surface area (Å²) in [7, 11) is 0. The number of aromatic amines is 1. The molecule has 7 nitrogen and oxygen atoms in total. The maximum atomic E-state index is 12.2. The number of hydrogen-bond acceptors (Lipinski definition) is 5. The lowest BCUT2D eigenvalue weighted by Crippen LogP contribution is -2.31. The van der Waals surface area contributed by atoms with Gasteiger partial charge in [0.1, 0.15) is 5.56 Å². The zero-order valence-corrected chi connectivity index (χ0v) is 16.4. The monoisotopic (exact) mass is 372 g/mol. The van der Waals surface area contributed by atoms with Crippen LogP contribution in [0.2, 0.25) is 0 Å². The van der Waals surface area contributed by atoms with Crippen molar-refractivity contribution in [2.75, 3.05) is 26.2 Å². The molecular formula is C20H28N4O3. The number of rotatable bonds is 8.